The Morgan fingerprint density at radius 2 is 2.36 bits per heavy atom. The van der Waals surface area contributed by atoms with Gasteiger partial charge in [-0.05, 0) is 13.6 Å². The molecule has 0 saturated heterocycles. The van der Waals surface area contributed by atoms with Gasteiger partial charge in [-0.15, -0.1) is 0 Å². The summed E-state index contributed by atoms with van der Waals surface area (Å²) in [6.45, 7) is 6.71. The van der Waals surface area contributed by atoms with Crippen LogP contribution in [0, 0.1) is 0 Å². The van der Waals surface area contributed by atoms with Crippen LogP contribution in [0.5, 0.6) is 0 Å². The van der Waals surface area contributed by atoms with Gasteiger partial charge in [0, 0.05) is 20.2 Å². The first kappa shape index (κ1) is 10.6. The summed E-state index contributed by atoms with van der Waals surface area (Å²) in [6, 6.07) is 0.0616. The Labute approximate surface area is 67.8 Å². The van der Waals surface area contributed by atoms with Crippen molar-refractivity contribution in [3.8, 4) is 0 Å². The van der Waals surface area contributed by atoms with Crippen LogP contribution in [0.2, 0.25) is 0 Å². The van der Waals surface area contributed by atoms with Gasteiger partial charge in [-0.1, -0.05) is 0 Å². The summed E-state index contributed by atoms with van der Waals surface area (Å²) in [6.07, 6.45) is -0.0731. The van der Waals surface area contributed by atoms with E-state index in [0.29, 0.717) is 6.54 Å². The van der Waals surface area contributed by atoms with Gasteiger partial charge in [-0.25, -0.2) is 0 Å². The Morgan fingerprint density at radius 1 is 1.73 bits per heavy atom. The lowest BCUT2D eigenvalue weighted by Crippen LogP contribution is -2.41. The molecular formula is C7H17N3O. The van der Waals surface area contributed by atoms with Crippen LogP contribution in [0.1, 0.15) is 6.92 Å². The number of hydrogen-bond donors (Lipinski definition) is 2. The molecule has 4 heteroatoms. The van der Waals surface area contributed by atoms with E-state index < -0.39 is 0 Å². The number of nitrogens with one attached hydrogen (secondary N) is 1. The highest BCUT2D eigenvalue weighted by molar-refractivity contribution is 5.24. The van der Waals surface area contributed by atoms with Crippen LogP contribution < -0.4 is 11.1 Å². The van der Waals surface area contributed by atoms with Gasteiger partial charge in [-0.3, -0.25) is 10.3 Å². The fraction of sp³-hybridized carbons (Fsp3) is 0.857. The summed E-state index contributed by atoms with van der Waals surface area (Å²) >= 11 is 0. The molecule has 0 amide bonds. The van der Waals surface area contributed by atoms with Gasteiger partial charge in [0.15, 0.2) is 0 Å². The number of ether oxygens (including phenoxy) is 1. The average molecular weight is 159 g/mol. The Bertz CT molecular complexity index is 108. The number of methoxy groups -OCH3 is 1. The summed E-state index contributed by atoms with van der Waals surface area (Å²) in [5.41, 5.74) is 5.31. The topological polar surface area (TPSA) is 59.6 Å². The van der Waals surface area contributed by atoms with Crippen LogP contribution in [-0.4, -0.2) is 39.2 Å². The van der Waals surface area contributed by atoms with Crippen molar-refractivity contribution in [2.24, 2.45) is 10.7 Å². The van der Waals surface area contributed by atoms with E-state index >= 15 is 0 Å². The number of rotatable bonds is 6. The quantitative estimate of drug-likeness (QED) is 0.409. The minimum atomic E-state index is -0.0731. The molecule has 0 aromatic carbocycles. The molecule has 2 unspecified atom stereocenters. The Morgan fingerprint density at radius 3 is 2.73 bits per heavy atom. The first-order valence-electron chi connectivity index (χ1n) is 3.68. The minimum absolute atomic E-state index is 0.0616. The van der Waals surface area contributed by atoms with Crippen molar-refractivity contribution in [2.75, 3.05) is 20.2 Å². The number of hydrogen-bond acceptors (Lipinski definition) is 4. The van der Waals surface area contributed by atoms with Gasteiger partial charge in [0.1, 0.15) is 6.23 Å². The molecule has 0 aliphatic heterocycles. The van der Waals surface area contributed by atoms with E-state index in [-0.39, 0.29) is 12.3 Å². The first-order valence-corrected chi connectivity index (χ1v) is 3.68. The van der Waals surface area contributed by atoms with Gasteiger partial charge in [0.25, 0.3) is 0 Å². The standard InChI is InChI=1S/C7H17N3O/c1-6(9-2)7(11-3)10-5-4-8/h6-7,10H,2,4-5,8H2,1,3H3. The molecule has 0 aliphatic rings. The smallest absolute Gasteiger partial charge is 0.130 e. The first-order chi connectivity index (χ1) is 5.26. The molecule has 0 rings (SSSR count). The van der Waals surface area contributed by atoms with Crippen molar-refractivity contribution in [3.05, 3.63) is 0 Å². The molecule has 4 nitrogen and oxygen atoms in total. The molecule has 0 radical (unpaired) electrons. The van der Waals surface area contributed by atoms with Gasteiger partial charge < -0.3 is 10.5 Å². The molecule has 3 N–H and O–H groups in total. The maximum Gasteiger partial charge on any atom is 0.130 e. The molecule has 0 aromatic rings. The molecule has 0 heterocycles. The van der Waals surface area contributed by atoms with Crippen molar-refractivity contribution in [2.45, 2.75) is 19.2 Å². The zero-order chi connectivity index (χ0) is 8.69. The number of aliphatic imine (C=N–C) groups is 1. The van der Waals surface area contributed by atoms with Crippen molar-refractivity contribution >= 4 is 6.72 Å². The monoisotopic (exact) mass is 159 g/mol. The van der Waals surface area contributed by atoms with Crippen molar-refractivity contribution in [3.63, 3.8) is 0 Å². The summed E-state index contributed by atoms with van der Waals surface area (Å²) < 4.78 is 5.10. The lowest BCUT2D eigenvalue weighted by Gasteiger charge is -2.19. The second-order valence-corrected chi connectivity index (χ2v) is 2.32. The Balaban J connectivity index is 3.64. The van der Waals surface area contributed by atoms with Crippen LogP contribution in [0.4, 0.5) is 0 Å². The highest BCUT2D eigenvalue weighted by Crippen LogP contribution is 1.96. The molecule has 0 fully saturated rings. The summed E-state index contributed by atoms with van der Waals surface area (Å²) in [4.78, 5) is 3.83. The summed E-state index contributed by atoms with van der Waals surface area (Å²) in [5, 5.41) is 3.09. The zero-order valence-electron chi connectivity index (χ0n) is 7.21. The van der Waals surface area contributed by atoms with Crippen molar-refractivity contribution < 1.29 is 4.74 Å². The third kappa shape index (κ3) is 4.08. The third-order valence-electron chi connectivity index (χ3n) is 1.47. The predicted molar refractivity (Wildman–Crippen MR) is 46.9 cm³/mol. The fourth-order valence-corrected chi connectivity index (χ4v) is 0.772. The molecule has 66 valence electrons. The van der Waals surface area contributed by atoms with Crippen molar-refractivity contribution in [1.29, 1.82) is 0 Å². The third-order valence-corrected chi connectivity index (χ3v) is 1.47. The second-order valence-electron chi connectivity index (χ2n) is 2.32. The normalized spacial score (nSPS) is 15.9. The number of nitrogens with zero attached hydrogens (tertiary/aromatic N) is 1. The molecule has 0 spiro atoms. The average Bonchev–Trinajstić information content (AvgIpc) is 2.05. The second kappa shape index (κ2) is 6.27. The molecule has 0 bridgehead atoms. The van der Waals surface area contributed by atoms with E-state index in [0.717, 1.165) is 6.54 Å². The predicted octanol–water partition coefficient (Wildman–Crippen LogP) is -0.404. The van der Waals surface area contributed by atoms with E-state index in [9.17, 15) is 0 Å². The molecular weight excluding hydrogens is 142 g/mol. The molecule has 0 aliphatic carbocycles. The van der Waals surface area contributed by atoms with Gasteiger partial charge in [0.05, 0.1) is 6.04 Å². The van der Waals surface area contributed by atoms with Crippen molar-refractivity contribution in [1.82, 2.24) is 5.32 Å². The van der Waals surface area contributed by atoms with Crippen LogP contribution in [0.25, 0.3) is 0 Å². The summed E-state index contributed by atoms with van der Waals surface area (Å²) in [5.74, 6) is 0. The lowest BCUT2D eigenvalue weighted by atomic mass is 10.3. The minimum Gasteiger partial charge on any atom is -0.364 e. The largest absolute Gasteiger partial charge is 0.364 e. The molecule has 11 heavy (non-hydrogen) atoms. The lowest BCUT2D eigenvalue weighted by molar-refractivity contribution is 0.0591. The van der Waals surface area contributed by atoms with Crippen LogP contribution in [-0.2, 0) is 4.74 Å². The maximum atomic E-state index is 5.31. The van der Waals surface area contributed by atoms with Crippen LogP contribution >= 0.6 is 0 Å². The van der Waals surface area contributed by atoms with E-state index in [4.69, 9.17) is 10.5 Å². The van der Waals surface area contributed by atoms with E-state index in [1.54, 1.807) is 7.11 Å². The van der Waals surface area contributed by atoms with Gasteiger partial charge in [-0.2, -0.15) is 0 Å². The zero-order valence-corrected chi connectivity index (χ0v) is 7.21. The van der Waals surface area contributed by atoms with E-state index in [1.807, 2.05) is 6.92 Å². The summed E-state index contributed by atoms with van der Waals surface area (Å²) in [7, 11) is 1.63. The van der Waals surface area contributed by atoms with E-state index in [1.165, 1.54) is 0 Å². The molecule has 2 atom stereocenters. The van der Waals surface area contributed by atoms with Crippen LogP contribution in [0.3, 0.4) is 0 Å². The SMILES string of the molecule is C=NC(C)C(NCCN)OC. The maximum absolute atomic E-state index is 5.31. The van der Waals surface area contributed by atoms with E-state index in [2.05, 4.69) is 17.0 Å². The fourth-order valence-electron chi connectivity index (χ4n) is 0.772. The highest BCUT2D eigenvalue weighted by Gasteiger charge is 2.12. The molecule has 0 aromatic heterocycles. The van der Waals surface area contributed by atoms with Crippen LogP contribution in [0.15, 0.2) is 4.99 Å². The Hall–Kier alpha value is -0.450. The number of nitrogens with two attached hydrogens (primary N) is 1. The molecule has 0 saturated carbocycles. The van der Waals surface area contributed by atoms with Gasteiger partial charge in [0.2, 0.25) is 0 Å². The van der Waals surface area contributed by atoms with Gasteiger partial charge >= 0.3 is 0 Å². The highest BCUT2D eigenvalue weighted by atomic mass is 16.5. The Kier molecular flexibility index (Phi) is 6.02.